The van der Waals surface area contributed by atoms with Gasteiger partial charge < -0.3 is 15.4 Å². The molecule has 1 aliphatic carbocycles. The van der Waals surface area contributed by atoms with E-state index in [4.69, 9.17) is 4.74 Å². The van der Waals surface area contributed by atoms with Crippen LogP contribution in [0.1, 0.15) is 49.8 Å². The van der Waals surface area contributed by atoms with Gasteiger partial charge in [0, 0.05) is 6.04 Å². The number of hydrogen-bond acceptors (Lipinski definition) is 5. The van der Waals surface area contributed by atoms with Crippen LogP contribution in [0.4, 0.5) is 0 Å². The molecule has 1 fully saturated rings. The van der Waals surface area contributed by atoms with E-state index >= 15 is 0 Å². The molecule has 3 amide bonds. The Morgan fingerprint density at radius 1 is 1.03 bits per heavy atom. The lowest BCUT2D eigenvalue weighted by molar-refractivity contribution is -0.139. The lowest BCUT2D eigenvalue weighted by Crippen LogP contribution is -2.42. The van der Waals surface area contributed by atoms with E-state index in [9.17, 15) is 14.4 Å². The molecule has 8 heteroatoms. The number of hydrogen-bond donors (Lipinski definition) is 3. The van der Waals surface area contributed by atoms with Crippen LogP contribution in [-0.2, 0) is 14.4 Å². The van der Waals surface area contributed by atoms with Crippen LogP contribution < -0.4 is 20.8 Å². The van der Waals surface area contributed by atoms with Crippen LogP contribution in [0.25, 0.3) is 0 Å². The van der Waals surface area contributed by atoms with E-state index in [1.165, 1.54) is 6.21 Å². The molecule has 2 aromatic rings. The molecular weight excluding hydrogens is 408 g/mol. The standard InChI is InChI=1S/C24H28N4O4/c1-17(19-7-3-2-4-8-19)26-22(29)16-32-21-13-11-18(12-14-21)15-25-28-24(31)23(30)27-20-9-5-6-10-20/h2-4,7-8,11-15,17,20H,5-6,9-10,16H2,1H3,(H,26,29)(H,27,30)(H,28,31)/b25-15-/t17-/m0/s1. The van der Waals surface area contributed by atoms with Gasteiger partial charge in [-0.15, -0.1) is 0 Å². The predicted molar refractivity (Wildman–Crippen MR) is 121 cm³/mol. The summed E-state index contributed by atoms with van der Waals surface area (Å²) in [6.45, 7) is 1.81. The number of carbonyl (C=O) groups is 3. The third kappa shape index (κ3) is 7.23. The maximum absolute atomic E-state index is 12.1. The number of benzene rings is 2. The number of rotatable bonds is 8. The minimum Gasteiger partial charge on any atom is -0.484 e. The average Bonchev–Trinajstić information content (AvgIpc) is 3.32. The molecule has 0 radical (unpaired) electrons. The number of nitrogens with zero attached hydrogens (tertiary/aromatic N) is 1. The lowest BCUT2D eigenvalue weighted by atomic mass is 10.1. The van der Waals surface area contributed by atoms with Gasteiger partial charge in [-0.2, -0.15) is 5.10 Å². The molecule has 1 atom stereocenters. The van der Waals surface area contributed by atoms with Gasteiger partial charge in [-0.3, -0.25) is 14.4 Å². The maximum atomic E-state index is 12.1. The zero-order chi connectivity index (χ0) is 22.8. The van der Waals surface area contributed by atoms with Crippen molar-refractivity contribution in [1.29, 1.82) is 0 Å². The Kier molecular flexibility index (Phi) is 8.36. The highest BCUT2D eigenvalue weighted by Crippen LogP contribution is 2.17. The van der Waals surface area contributed by atoms with Gasteiger partial charge in [0.05, 0.1) is 12.3 Å². The van der Waals surface area contributed by atoms with Crippen molar-refractivity contribution in [2.24, 2.45) is 5.10 Å². The SMILES string of the molecule is C[C@H](NC(=O)COc1ccc(/C=N\NC(=O)C(=O)NC2CCCC2)cc1)c1ccccc1. The Morgan fingerprint density at radius 2 is 1.72 bits per heavy atom. The zero-order valence-electron chi connectivity index (χ0n) is 18.0. The van der Waals surface area contributed by atoms with E-state index < -0.39 is 11.8 Å². The third-order valence-corrected chi connectivity index (χ3v) is 5.20. The molecule has 2 aromatic carbocycles. The van der Waals surface area contributed by atoms with Gasteiger partial charge in [0.25, 0.3) is 5.91 Å². The summed E-state index contributed by atoms with van der Waals surface area (Å²) in [6, 6.07) is 16.5. The third-order valence-electron chi connectivity index (χ3n) is 5.20. The molecule has 0 aromatic heterocycles. The molecule has 8 nitrogen and oxygen atoms in total. The number of ether oxygens (including phenoxy) is 1. The van der Waals surface area contributed by atoms with Gasteiger partial charge in [0.1, 0.15) is 5.75 Å². The summed E-state index contributed by atoms with van der Waals surface area (Å²) in [5.41, 5.74) is 3.95. The van der Waals surface area contributed by atoms with Crippen molar-refractivity contribution in [3.8, 4) is 5.75 Å². The van der Waals surface area contributed by atoms with Gasteiger partial charge in [0.2, 0.25) is 0 Å². The molecule has 0 aliphatic heterocycles. The van der Waals surface area contributed by atoms with Gasteiger partial charge in [-0.25, -0.2) is 5.43 Å². The fourth-order valence-electron chi connectivity index (χ4n) is 3.44. The summed E-state index contributed by atoms with van der Waals surface area (Å²) in [7, 11) is 0. The van der Waals surface area contributed by atoms with Gasteiger partial charge in [-0.05, 0) is 55.2 Å². The van der Waals surface area contributed by atoms with Crippen LogP contribution in [0.15, 0.2) is 59.7 Å². The molecule has 168 valence electrons. The molecule has 3 N–H and O–H groups in total. The van der Waals surface area contributed by atoms with Crippen LogP contribution in [-0.4, -0.2) is 36.6 Å². The normalized spacial score (nSPS) is 14.7. The first kappa shape index (κ1) is 23.0. The fourth-order valence-corrected chi connectivity index (χ4v) is 3.44. The summed E-state index contributed by atoms with van der Waals surface area (Å²) in [6.07, 6.45) is 5.39. The zero-order valence-corrected chi connectivity index (χ0v) is 18.0. The first-order valence-electron chi connectivity index (χ1n) is 10.7. The summed E-state index contributed by atoms with van der Waals surface area (Å²) in [5, 5.41) is 9.41. The summed E-state index contributed by atoms with van der Waals surface area (Å²) in [5.74, 6) is -1.14. The summed E-state index contributed by atoms with van der Waals surface area (Å²) < 4.78 is 5.52. The molecule has 0 spiro atoms. The van der Waals surface area contributed by atoms with E-state index in [0.29, 0.717) is 11.3 Å². The topological polar surface area (TPSA) is 109 Å². The Hall–Kier alpha value is -3.68. The Balaban J connectivity index is 1.39. The molecule has 0 unspecified atom stereocenters. The predicted octanol–water partition coefficient (Wildman–Crippen LogP) is 2.45. The molecule has 32 heavy (non-hydrogen) atoms. The smallest absolute Gasteiger partial charge is 0.329 e. The highest BCUT2D eigenvalue weighted by atomic mass is 16.5. The second kappa shape index (κ2) is 11.6. The molecule has 0 heterocycles. The highest BCUT2D eigenvalue weighted by molar-refractivity contribution is 6.35. The van der Waals surface area contributed by atoms with Gasteiger partial charge >= 0.3 is 11.8 Å². The molecule has 3 rings (SSSR count). The van der Waals surface area contributed by atoms with Crippen molar-refractivity contribution in [2.45, 2.75) is 44.7 Å². The second-order valence-corrected chi connectivity index (χ2v) is 7.71. The fraction of sp³-hybridized carbons (Fsp3) is 0.333. The van der Waals surface area contributed by atoms with Gasteiger partial charge in [-0.1, -0.05) is 43.2 Å². The highest BCUT2D eigenvalue weighted by Gasteiger charge is 2.21. The Labute approximate surface area is 187 Å². The lowest BCUT2D eigenvalue weighted by Gasteiger charge is -2.14. The quantitative estimate of drug-likeness (QED) is 0.335. The molecule has 0 saturated heterocycles. The van der Waals surface area contributed by atoms with Crippen LogP contribution in [0.5, 0.6) is 5.75 Å². The van der Waals surface area contributed by atoms with E-state index in [0.717, 1.165) is 31.2 Å². The van der Waals surface area contributed by atoms with Crippen molar-refractivity contribution in [3.05, 3.63) is 65.7 Å². The number of carbonyl (C=O) groups excluding carboxylic acids is 3. The van der Waals surface area contributed by atoms with Crippen molar-refractivity contribution in [1.82, 2.24) is 16.1 Å². The Bertz CT molecular complexity index is 938. The first-order valence-corrected chi connectivity index (χ1v) is 10.7. The minimum atomic E-state index is -0.788. The Morgan fingerprint density at radius 3 is 2.41 bits per heavy atom. The largest absolute Gasteiger partial charge is 0.484 e. The van der Waals surface area contributed by atoms with Crippen molar-refractivity contribution < 1.29 is 19.1 Å². The maximum Gasteiger partial charge on any atom is 0.329 e. The summed E-state index contributed by atoms with van der Waals surface area (Å²) in [4.78, 5) is 35.7. The van der Waals surface area contributed by atoms with E-state index in [1.807, 2.05) is 37.3 Å². The van der Waals surface area contributed by atoms with Crippen LogP contribution in [0.2, 0.25) is 0 Å². The van der Waals surface area contributed by atoms with Crippen LogP contribution in [0.3, 0.4) is 0 Å². The van der Waals surface area contributed by atoms with Crippen molar-refractivity contribution >= 4 is 23.9 Å². The van der Waals surface area contributed by atoms with Crippen LogP contribution >= 0.6 is 0 Å². The van der Waals surface area contributed by atoms with E-state index in [-0.39, 0.29) is 24.6 Å². The molecule has 0 bridgehead atoms. The molecule has 1 saturated carbocycles. The van der Waals surface area contributed by atoms with Crippen LogP contribution in [0, 0.1) is 0 Å². The molecular formula is C24H28N4O4. The second-order valence-electron chi connectivity index (χ2n) is 7.71. The number of amides is 3. The van der Waals surface area contributed by atoms with E-state index in [2.05, 4.69) is 21.2 Å². The van der Waals surface area contributed by atoms with Crippen molar-refractivity contribution in [2.75, 3.05) is 6.61 Å². The average molecular weight is 437 g/mol. The molecule has 1 aliphatic rings. The number of hydrazone groups is 1. The number of nitrogens with one attached hydrogen (secondary N) is 3. The van der Waals surface area contributed by atoms with Crippen molar-refractivity contribution in [3.63, 3.8) is 0 Å². The first-order chi connectivity index (χ1) is 15.5. The monoisotopic (exact) mass is 436 g/mol. The van der Waals surface area contributed by atoms with Gasteiger partial charge in [0.15, 0.2) is 6.61 Å². The minimum absolute atomic E-state index is 0.0772. The summed E-state index contributed by atoms with van der Waals surface area (Å²) >= 11 is 0. The van der Waals surface area contributed by atoms with E-state index in [1.54, 1.807) is 24.3 Å².